The lowest BCUT2D eigenvalue weighted by atomic mass is 9.89. The van der Waals surface area contributed by atoms with E-state index < -0.39 is 0 Å². The number of aryl methyl sites for hydroxylation is 1. The lowest BCUT2D eigenvalue weighted by Gasteiger charge is -2.26. The first-order valence-corrected chi connectivity index (χ1v) is 8.85. The highest BCUT2D eigenvalue weighted by molar-refractivity contribution is 5.97. The van der Waals surface area contributed by atoms with Crippen LogP contribution >= 0.6 is 0 Å². The molecule has 0 aliphatic carbocycles. The highest BCUT2D eigenvalue weighted by Crippen LogP contribution is 2.54. The molecule has 1 aromatic carbocycles. The van der Waals surface area contributed by atoms with Gasteiger partial charge in [0.2, 0.25) is 0 Å². The third kappa shape index (κ3) is 1.72. The number of anilines is 1. The van der Waals surface area contributed by atoms with Crippen molar-refractivity contribution in [3.63, 3.8) is 0 Å². The van der Waals surface area contributed by atoms with Gasteiger partial charge in [0.05, 0.1) is 17.7 Å². The molecule has 3 aliphatic rings. The van der Waals surface area contributed by atoms with Gasteiger partial charge in [-0.25, -0.2) is 0 Å². The molecule has 0 amide bonds. The van der Waals surface area contributed by atoms with Gasteiger partial charge >= 0.3 is 0 Å². The maximum atomic E-state index is 6.21. The van der Waals surface area contributed by atoms with Gasteiger partial charge in [0.15, 0.2) is 0 Å². The van der Waals surface area contributed by atoms with E-state index >= 15 is 0 Å². The summed E-state index contributed by atoms with van der Waals surface area (Å²) < 4.78 is 8.52. The smallest absolute Gasteiger partial charge is 0.0858 e. The van der Waals surface area contributed by atoms with Crippen molar-refractivity contribution in [3.05, 3.63) is 29.5 Å². The Bertz CT molecular complexity index is 725. The summed E-state index contributed by atoms with van der Waals surface area (Å²) in [6, 6.07) is 4.77. The van der Waals surface area contributed by atoms with Crippen LogP contribution in [0.25, 0.3) is 10.9 Å². The van der Waals surface area contributed by atoms with E-state index in [9.17, 15) is 0 Å². The Labute approximate surface area is 131 Å². The first-order chi connectivity index (χ1) is 10.8. The zero-order chi connectivity index (χ0) is 14.7. The Morgan fingerprint density at radius 1 is 1.05 bits per heavy atom. The van der Waals surface area contributed by atoms with Gasteiger partial charge < -0.3 is 14.2 Å². The minimum absolute atomic E-state index is 0.342. The predicted octanol–water partition coefficient (Wildman–Crippen LogP) is 4.46. The van der Waals surface area contributed by atoms with E-state index in [0.717, 1.165) is 0 Å². The molecular weight excluding hydrogens is 272 g/mol. The molecule has 2 fully saturated rings. The Morgan fingerprint density at radius 3 is 2.64 bits per heavy atom. The summed E-state index contributed by atoms with van der Waals surface area (Å²) >= 11 is 0. The lowest BCUT2D eigenvalue weighted by molar-refractivity contribution is 0.0720. The van der Waals surface area contributed by atoms with Gasteiger partial charge in [0.25, 0.3) is 0 Å². The summed E-state index contributed by atoms with van der Waals surface area (Å²) in [4.78, 5) is 2.63. The van der Waals surface area contributed by atoms with Crippen LogP contribution < -0.4 is 4.90 Å². The highest BCUT2D eigenvalue weighted by atomic mass is 16.5. The molecule has 2 bridgehead atoms. The molecule has 0 radical (unpaired) electrons. The van der Waals surface area contributed by atoms with Gasteiger partial charge in [-0.1, -0.05) is 12.8 Å². The molecule has 116 valence electrons. The van der Waals surface area contributed by atoms with Crippen LogP contribution in [0.15, 0.2) is 18.3 Å². The maximum absolute atomic E-state index is 6.21. The monoisotopic (exact) mass is 296 g/mol. The number of hydrogen-bond donors (Lipinski definition) is 0. The van der Waals surface area contributed by atoms with Crippen molar-refractivity contribution in [2.45, 2.75) is 50.7 Å². The Hall–Kier alpha value is -1.48. The van der Waals surface area contributed by atoms with Crippen LogP contribution in [0.4, 0.5) is 5.69 Å². The first-order valence-electron chi connectivity index (χ1n) is 8.85. The Kier molecular flexibility index (Phi) is 2.81. The van der Waals surface area contributed by atoms with Gasteiger partial charge in [-0.2, -0.15) is 0 Å². The van der Waals surface area contributed by atoms with Gasteiger partial charge in [0, 0.05) is 43.0 Å². The molecule has 2 unspecified atom stereocenters. The van der Waals surface area contributed by atoms with Gasteiger partial charge in [-0.3, -0.25) is 0 Å². The van der Waals surface area contributed by atoms with Gasteiger partial charge in [0.1, 0.15) is 0 Å². The lowest BCUT2D eigenvalue weighted by Crippen LogP contribution is -2.24. The second-order valence-electron chi connectivity index (χ2n) is 7.18. The fraction of sp³-hybridized carbons (Fsp3) is 0.579. The van der Waals surface area contributed by atoms with E-state index in [2.05, 4.69) is 34.8 Å². The quantitative estimate of drug-likeness (QED) is 0.772. The summed E-state index contributed by atoms with van der Waals surface area (Å²) in [7, 11) is 2.18. The molecule has 2 atom stereocenters. The van der Waals surface area contributed by atoms with Crippen molar-refractivity contribution < 1.29 is 4.74 Å². The molecule has 22 heavy (non-hydrogen) atoms. The van der Waals surface area contributed by atoms with Crippen LogP contribution in [-0.4, -0.2) is 17.7 Å². The molecule has 3 heteroatoms. The summed E-state index contributed by atoms with van der Waals surface area (Å²) in [5, 5.41) is 1.43. The molecule has 3 aliphatic heterocycles. The Morgan fingerprint density at radius 2 is 1.82 bits per heavy atom. The number of benzene rings is 1. The average Bonchev–Trinajstić information content (AvgIpc) is 3.17. The molecular formula is C19H24N2O. The second kappa shape index (κ2) is 4.76. The van der Waals surface area contributed by atoms with Crippen LogP contribution in [0.3, 0.4) is 0 Å². The molecule has 0 spiro atoms. The van der Waals surface area contributed by atoms with Crippen molar-refractivity contribution in [2.24, 2.45) is 7.05 Å². The van der Waals surface area contributed by atoms with E-state index in [-0.39, 0.29) is 0 Å². The maximum Gasteiger partial charge on any atom is 0.0858 e. The molecule has 3 nitrogen and oxygen atoms in total. The van der Waals surface area contributed by atoms with Crippen LogP contribution in [0.1, 0.15) is 61.9 Å². The van der Waals surface area contributed by atoms with Crippen LogP contribution in [0, 0.1) is 0 Å². The third-order valence-corrected chi connectivity index (χ3v) is 5.84. The third-order valence-electron chi connectivity index (χ3n) is 5.84. The zero-order valence-corrected chi connectivity index (χ0v) is 13.3. The topological polar surface area (TPSA) is 17.4 Å². The summed E-state index contributed by atoms with van der Waals surface area (Å²) in [5.74, 6) is 0. The molecule has 2 aromatic rings. The van der Waals surface area contributed by atoms with Gasteiger partial charge in [-0.05, 0) is 43.4 Å². The van der Waals surface area contributed by atoms with Crippen molar-refractivity contribution >= 4 is 16.6 Å². The molecule has 5 rings (SSSR count). The average molecular weight is 296 g/mol. The standard InChI is InChI=1S/C19H24N2O/c1-20-11-8-13-15(21-9-4-2-3-5-10-21)12-14-16-6-7-17(22-16)18(14)19(13)20/h8,11-12,16-17H,2-7,9-10H2,1H3. The fourth-order valence-electron chi connectivity index (χ4n) is 4.77. The molecule has 1 aromatic heterocycles. The van der Waals surface area contributed by atoms with Crippen LogP contribution in [0.2, 0.25) is 0 Å². The molecule has 0 N–H and O–H groups in total. The summed E-state index contributed by atoms with van der Waals surface area (Å²) in [5.41, 5.74) is 5.83. The number of fused-ring (bicyclic) bond motifs is 7. The summed E-state index contributed by atoms with van der Waals surface area (Å²) in [6.07, 6.45) is 10.7. The van der Waals surface area contributed by atoms with Crippen LogP contribution in [-0.2, 0) is 11.8 Å². The number of rotatable bonds is 1. The number of aromatic nitrogens is 1. The molecule has 2 saturated heterocycles. The SMILES string of the molecule is Cn1ccc2c(N3CCCCCC3)cc3c(c21)C1CCC3O1. The zero-order valence-electron chi connectivity index (χ0n) is 13.3. The van der Waals surface area contributed by atoms with Crippen molar-refractivity contribution in [2.75, 3.05) is 18.0 Å². The number of nitrogens with zero attached hydrogens (tertiary/aromatic N) is 2. The second-order valence-corrected chi connectivity index (χ2v) is 7.18. The van der Waals surface area contributed by atoms with E-state index in [0.29, 0.717) is 12.2 Å². The minimum Gasteiger partial charge on any atom is -0.371 e. The first kappa shape index (κ1) is 13.0. The molecule has 0 saturated carbocycles. The van der Waals surface area contributed by atoms with Crippen molar-refractivity contribution in [3.8, 4) is 0 Å². The van der Waals surface area contributed by atoms with Crippen molar-refractivity contribution in [1.29, 1.82) is 0 Å². The normalized spacial score (nSPS) is 27.4. The van der Waals surface area contributed by atoms with E-state index in [4.69, 9.17) is 4.74 Å². The fourth-order valence-corrected chi connectivity index (χ4v) is 4.77. The number of ether oxygens (including phenoxy) is 1. The summed E-state index contributed by atoms with van der Waals surface area (Å²) in [6.45, 7) is 2.41. The highest BCUT2D eigenvalue weighted by Gasteiger charge is 2.40. The minimum atomic E-state index is 0.342. The van der Waals surface area contributed by atoms with E-state index in [1.54, 1.807) is 0 Å². The van der Waals surface area contributed by atoms with E-state index in [1.807, 2.05) is 0 Å². The van der Waals surface area contributed by atoms with Gasteiger partial charge in [-0.15, -0.1) is 0 Å². The predicted molar refractivity (Wildman–Crippen MR) is 89.4 cm³/mol. The van der Waals surface area contributed by atoms with E-state index in [1.165, 1.54) is 79.3 Å². The molecule has 4 heterocycles. The number of hydrogen-bond acceptors (Lipinski definition) is 2. The van der Waals surface area contributed by atoms with Crippen LogP contribution in [0.5, 0.6) is 0 Å². The van der Waals surface area contributed by atoms with Crippen molar-refractivity contribution in [1.82, 2.24) is 4.57 Å². The Balaban J connectivity index is 1.72. The largest absolute Gasteiger partial charge is 0.371 e.